The molecule has 0 bridgehead atoms. The molecule has 0 aliphatic rings. The topological polar surface area (TPSA) is 34.1 Å². The van der Waals surface area contributed by atoms with Gasteiger partial charge in [-0.05, 0) is 26.0 Å². The van der Waals surface area contributed by atoms with Gasteiger partial charge in [0.05, 0.1) is 12.8 Å². The summed E-state index contributed by atoms with van der Waals surface area (Å²) in [5.41, 5.74) is 2.06. The lowest BCUT2D eigenvalue weighted by molar-refractivity contribution is 0.415. The van der Waals surface area contributed by atoms with Crippen molar-refractivity contribution < 1.29 is 4.74 Å². The smallest absolute Gasteiger partial charge is 0.183 e. The Kier molecular flexibility index (Phi) is 3.64. The van der Waals surface area contributed by atoms with Crippen LogP contribution >= 0.6 is 11.3 Å². The number of nitrogens with one attached hydrogen (secondary N) is 1. The van der Waals surface area contributed by atoms with E-state index in [0.29, 0.717) is 6.04 Å². The molecular formula is C13H16N2OS. The molecule has 1 aromatic carbocycles. The van der Waals surface area contributed by atoms with Crippen molar-refractivity contribution >= 4 is 16.5 Å². The van der Waals surface area contributed by atoms with Crippen LogP contribution in [-0.4, -0.2) is 18.1 Å². The monoisotopic (exact) mass is 248 g/mol. The van der Waals surface area contributed by atoms with E-state index < -0.39 is 0 Å². The van der Waals surface area contributed by atoms with Gasteiger partial charge in [0.15, 0.2) is 5.13 Å². The van der Waals surface area contributed by atoms with E-state index in [4.69, 9.17) is 4.74 Å². The van der Waals surface area contributed by atoms with Crippen molar-refractivity contribution in [2.45, 2.75) is 19.9 Å². The van der Waals surface area contributed by atoms with E-state index in [1.54, 1.807) is 18.4 Å². The number of aromatic nitrogens is 1. The molecule has 1 aromatic heterocycles. The number of anilines is 1. The van der Waals surface area contributed by atoms with Crippen molar-refractivity contribution in [2.24, 2.45) is 0 Å². The fourth-order valence-corrected chi connectivity index (χ4v) is 2.37. The van der Waals surface area contributed by atoms with Crippen LogP contribution in [0.25, 0.3) is 11.3 Å². The molecule has 0 amide bonds. The molecule has 17 heavy (non-hydrogen) atoms. The Balaban J connectivity index is 2.24. The minimum absolute atomic E-state index is 0.402. The maximum Gasteiger partial charge on any atom is 0.183 e. The van der Waals surface area contributed by atoms with Gasteiger partial charge in [0.25, 0.3) is 0 Å². The Labute approximate surface area is 105 Å². The van der Waals surface area contributed by atoms with Crippen molar-refractivity contribution in [3.63, 3.8) is 0 Å². The summed E-state index contributed by atoms with van der Waals surface area (Å²) in [6, 6.07) is 8.34. The van der Waals surface area contributed by atoms with Gasteiger partial charge in [-0.25, -0.2) is 4.98 Å². The highest BCUT2D eigenvalue weighted by molar-refractivity contribution is 7.14. The molecule has 0 atom stereocenters. The third-order valence-corrected chi connectivity index (χ3v) is 3.06. The Morgan fingerprint density at radius 1 is 1.35 bits per heavy atom. The van der Waals surface area contributed by atoms with E-state index in [-0.39, 0.29) is 0 Å². The first-order valence-electron chi connectivity index (χ1n) is 5.55. The van der Waals surface area contributed by atoms with E-state index in [2.05, 4.69) is 29.5 Å². The van der Waals surface area contributed by atoms with Gasteiger partial charge in [-0.2, -0.15) is 0 Å². The summed E-state index contributed by atoms with van der Waals surface area (Å²) in [4.78, 5) is 4.55. The molecule has 3 nitrogen and oxygen atoms in total. The van der Waals surface area contributed by atoms with Crippen molar-refractivity contribution in [2.75, 3.05) is 12.4 Å². The molecule has 2 rings (SSSR count). The van der Waals surface area contributed by atoms with Gasteiger partial charge in [0.1, 0.15) is 5.75 Å². The molecule has 0 radical (unpaired) electrons. The molecule has 0 aliphatic carbocycles. The zero-order valence-electron chi connectivity index (χ0n) is 10.2. The van der Waals surface area contributed by atoms with Gasteiger partial charge in [-0.3, -0.25) is 0 Å². The maximum absolute atomic E-state index is 5.21. The van der Waals surface area contributed by atoms with Crippen molar-refractivity contribution in [1.29, 1.82) is 0 Å². The zero-order valence-corrected chi connectivity index (χ0v) is 11.0. The van der Waals surface area contributed by atoms with Crippen LogP contribution in [0.3, 0.4) is 0 Å². The van der Waals surface area contributed by atoms with Crippen LogP contribution in [-0.2, 0) is 0 Å². The Bertz CT molecular complexity index is 494. The molecule has 0 fully saturated rings. The quantitative estimate of drug-likeness (QED) is 0.897. The van der Waals surface area contributed by atoms with Gasteiger partial charge in [-0.1, -0.05) is 12.1 Å². The maximum atomic E-state index is 5.21. The molecule has 1 N–H and O–H groups in total. The third kappa shape index (κ3) is 2.97. The number of benzene rings is 1. The van der Waals surface area contributed by atoms with Gasteiger partial charge >= 0.3 is 0 Å². The molecule has 0 unspecified atom stereocenters. The summed E-state index contributed by atoms with van der Waals surface area (Å²) in [5.74, 6) is 0.855. The SMILES string of the molecule is COc1cccc(-c2csc(NC(C)C)n2)c1. The Hall–Kier alpha value is -1.55. The van der Waals surface area contributed by atoms with Crippen LogP contribution < -0.4 is 10.1 Å². The summed E-state index contributed by atoms with van der Waals surface area (Å²) >= 11 is 1.62. The molecule has 1 heterocycles. The number of hydrogen-bond donors (Lipinski definition) is 1. The largest absolute Gasteiger partial charge is 0.497 e. The first-order chi connectivity index (χ1) is 8.19. The molecule has 0 aliphatic heterocycles. The minimum Gasteiger partial charge on any atom is -0.497 e. The lowest BCUT2D eigenvalue weighted by atomic mass is 10.2. The van der Waals surface area contributed by atoms with Gasteiger partial charge < -0.3 is 10.1 Å². The lowest BCUT2D eigenvalue weighted by Gasteiger charge is -2.04. The molecule has 0 saturated heterocycles. The average Bonchev–Trinajstić information content (AvgIpc) is 2.77. The zero-order chi connectivity index (χ0) is 12.3. The first-order valence-corrected chi connectivity index (χ1v) is 6.43. The number of hydrogen-bond acceptors (Lipinski definition) is 4. The highest BCUT2D eigenvalue weighted by Gasteiger charge is 2.06. The lowest BCUT2D eigenvalue weighted by Crippen LogP contribution is -2.08. The molecule has 4 heteroatoms. The molecular weight excluding hydrogens is 232 g/mol. The normalized spacial score (nSPS) is 10.6. The highest BCUT2D eigenvalue weighted by Crippen LogP contribution is 2.27. The second-order valence-corrected chi connectivity index (χ2v) is 4.93. The molecule has 2 aromatic rings. The van der Waals surface area contributed by atoms with Gasteiger partial charge in [0, 0.05) is 17.0 Å². The van der Waals surface area contributed by atoms with Crippen LogP contribution in [0, 0.1) is 0 Å². The van der Waals surface area contributed by atoms with E-state index in [9.17, 15) is 0 Å². The van der Waals surface area contributed by atoms with Crippen molar-refractivity contribution in [3.8, 4) is 17.0 Å². The molecule has 0 saturated carbocycles. The predicted molar refractivity (Wildman–Crippen MR) is 72.9 cm³/mol. The van der Waals surface area contributed by atoms with Crippen LogP contribution in [0.1, 0.15) is 13.8 Å². The number of nitrogens with zero attached hydrogens (tertiary/aromatic N) is 1. The van der Waals surface area contributed by atoms with Crippen LogP contribution in [0.4, 0.5) is 5.13 Å². The number of rotatable bonds is 4. The van der Waals surface area contributed by atoms with Crippen LogP contribution in [0.15, 0.2) is 29.6 Å². The van der Waals surface area contributed by atoms with Crippen LogP contribution in [0.5, 0.6) is 5.75 Å². The Morgan fingerprint density at radius 3 is 2.88 bits per heavy atom. The summed E-state index contributed by atoms with van der Waals surface area (Å²) in [6.07, 6.45) is 0. The second-order valence-electron chi connectivity index (χ2n) is 4.07. The minimum atomic E-state index is 0.402. The number of ether oxygens (including phenoxy) is 1. The predicted octanol–water partition coefficient (Wildman–Crippen LogP) is 3.64. The van der Waals surface area contributed by atoms with Crippen LogP contribution in [0.2, 0.25) is 0 Å². The standard InChI is InChI=1S/C13H16N2OS/c1-9(2)14-13-15-12(8-17-13)10-5-4-6-11(7-10)16-3/h4-9H,1-3H3,(H,14,15). The fourth-order valence-electron chi connectivity index (χ4n) is 1.50. The second kappa shape index (κ2) is 5.19. The fraction of sp³-hybridized carbons (Fsp3) is 0.308. The van der Waals surface area contributed by atoms with E-state index in [0.717, 1.165) is 22.1 Å². The Morgan fingerprint density at radius 2 is 2.18 bits per heavy atom. The average molecular weight is 248 g/mol. The number of methoxy groups -OCH3 is 1. The van der Waals surface area contributed by atoms with Gasteiger partial charge in [-0.15, -0.1) is 11.3 Å². The van der Waals surface area contributed by atoms with Crippen molar-refractivity contribution in [3.05, 3.63) is 29.6 Å². The van der Waals surface area contributed by atoms with Gasteiger partial charge in [0.2, 0.25) is 0 Å². The van der Waals surface area contributed by atoms with E-state index in [1.165, 1.54) is 0 Å². The first kappa shape index (κ1) is 11.9. The van der Waals surface area contributed by atoms with Crippen molar-refractivity contribution in [1.82, 2.24) is 4.98 Å². The summed E-state index contributed by atoms with van der Waals surface area (Å²) in [5, 5.41) is 6.31. The molecule has 0 spiro atoms. The molecule has 90 valence electrons. The summed E-state index contributed by atoms with van der Waals surface area (Å²) in [7, 11) is 1.67. The summed E-state index contributed by atoms with van der Waals surface area (Å²) < 4.78 is 5.21. The summed E-state index contributed by atoms with van der Waals surface area (Å²) in [6.45, 7) is 4.21. The van der Waals surface area contributed by atoms with E-state index >= 15 is 0 Å². The highest BCUT2D eigenvalue weighted by atomic mass is 32.1. The number of thiazole rings is 1. The third-order valence-electron chi connectivity index (χ3n) is 2.28. The van der Waals surface area contributed by atoms with E-state index in [1.807, 2.05) is 24.3 Å².